The van der Waals surface area contributed by atoms with Crippen LogP contribution in [-0.4, -0.2) is 18.2 Å². The van der Waals surface area contributed by atoms with Crippen LogP contribution in [0.4, 0.5) is 4.39 Å². The largest absolute Gasteiger partial charge is 0.504 e. The lowest BCUT2D eigenvalue weighted by Crippen LogP contribution is -2.09. The van der Waals surface area contributed by atoms with E-state index < -0.39 is 11.6 Å². The van der Waals surface area contributed by atoms with Crippen LogP contribution >= 0.6 is 11.6 Å². The molecule has 0 saturated carbocycles. The number of aromatic hydroxyl groups is 1. The quantitative estimate of drug-likeness (QED) is 0.776. The predicted octanol–water partition coefficient (Wildman–Crippen LogP) is 2.57. The summed E-state index contributed by atoms with van der Waals surface area (Å²) in [5.74, 6) is -0.843. The molecule has 1 aliphatic rings. The zero-order valence-electron chi connectivity index (χ0n) is 8.48. The highest BCUT2D eigenvalue weighted by Crippen LogP contribution is 2.36. The third-order valence-electron chi connectivity index (χ3n) is 2.89. The van der Waals surface area contributed by atoms with E-state index in [1.54, 1.807) is 13.0 Å². The van der Waals surface area contributed by atoms with E-state index in [0.717, 1.165) is 25.1 Å². The molecule has 1 aromatic carbocycles. The predicted molar refractivity (Wildman–Crippen MR) is 58.0 cm³/mol. The van der Waals surface area contributed by atoms with Crippen LogP contribution in [0.2, 0.25) is 5.02 Å². The molecule has 1 fully saturated rings. The van der Waals surface area contributed by atoms with Crippen LogP contribution in [0.15, 0.2) is 6.07 Å². The molecule has 1 aliphatic heterocycles. The minimum Gasteiger partial charge on any atom is -0.504 e. The first-order chi connectivity index (χ1) is 7.11. The van der Waals surface area contributed by atoms with Gasteiger partial charge in [-0.25, -0.2) is 4.39 Å². The van der Waals surface area contributed by atoms with Gasteiger partial charge in [0.25, 0.3) is 0 Å². The van der Waals surface area contributed by atoms with E-state index in [9.17, 15) is 9.50 Å². The Labute approximate surface area is 93.1 Å². The van der Waals surface area contributed by atoms with Crippen molar-refractivity contribution < 1.29 is 9.50 Å². The first-order valence-corrected chi connectivity index (χ1v) is 5.37. The maximum Gasteiger partial charge on any atom is 0.170 e. The van der Waals surface area contributed by atoms with Gasteiger partial charge in [-0.2, -0.15) is 0 Å². The van der Waals surface area contributed by atoms with Gasteiger partial charge < -0.3 is 10.4 Å². The molecule has 1 aromatic rings. The van der Waals surface area contributed by atoms with Crippen molar-refractivity contribution in [3.63, 3.8) is 0 Å². The Morgan fingerprint density at radius 2 is 2.33 bits per heavy atom. The molecule has 0 bridgehead atoms. The number of phenols is 1. The van der Waals surface area contributed by atoms with E-state index in [1.807, 2.05) is 0 Å². The van der Waals surface area contributed by atoms with Crippen molar-refractivity contribution >= 4 is 11.6 Å². The van der Waals surface area contributed by atoms with Crippen molar-refractivity contribution in [3.8, 4) is 5.75 Å². The molecule has 0 aliphatic carbocycles. The van der Waals surface area contributed by atoms with Crippen molar-refractivity contribution in [1.29, 1.82) is 0 Å². The lowest BCUT2D eigenvalue weighted by Gasteiger charge is -2.13. The highest BCUT2D eigenvalue weighted by Gasteiger charge is 2.23. The molecular formula is C11H13ClFNO. The zero-order valence-corrected chi connectivity index (χ0v) is 9.24. The fraction of sp³-hybridized carbons (Fsp3) is 0.455. The molecule has 15 heavy (non-hydrogen) atoms. The van der Waals surface area contributed by atoms with Gasteiger partial charge in [0, 0.05) is 12.5 Å². The number of benzene rings is 1. The van der Waals surface area contributed by atoms with Crippen LogP contribution in [0.5, 0.6) is 5.75 Å². The van der Waals surface area contributed by atoms with Gasteiger partial charge in [-0.1, -0.05) is 17.7 Å². The van der Waals surface area contributed by atoms with Crippen LogP contribution in [0.3, 0.4) is 0 Å². The Balaban J connectivity index is 2.47. The van der Waals surface area contributed by atoms with E-state index >= 15 is 0 Å². The van der Waals surface area contributed by atoms with Gasteiger partial charge in [0.2, 0.25) is 0 Å². The third-order valence-corrected chi connectivity index (χ3v) is 3.36. The summed E-state index contributed by atoms with van der Waals surface area (Å²) in [6, 6.07) is 1.73. The summed E-state index contributed by atoms with van der Waals surface area (Å²) in [4.78, 5) is 0. The van der Waals surface area contributed by atoms with Crippen LogP contribution in [0.25, 0.3) is 0 Å². The summed E-state index contributed by atoms with van der Waals surface area (Å²) in [6.45, 7) is 3.43. The van der Waals surface area contributed by atoms with E-state index in [2.05, 4.69) is 5.32 Å². The highest BCUT2D eigenvalue weighted by atomic mass is 35.5. The number of nitrogens with one attached hydrogen (secondary N) is 1. The normalized spacial score (nSPS) is 20.9. The van der Waals surface area contributed by atoms with Crippen molar-refractivity contribution in [3.05, 3.63) is 28.0 Å². The van der Waals surface area contributed by atoms with Gasteiger partial charge in [-0.15, -0.1) is 0 Å². The minimum absolute atomic E-state index is 0.113. The number of hydrogen-bond donors (Lipinski definition) is 2. The summed E-state index contributed by atoms with van der Waals surface area (Å²) in [5, 5.41) is 12.8. The van der Waals surface area contributed by atoms with Crippen LogP contribution in [-0.2, 0) is 0 Å². The van der Waals surface area contributed by atoms with Gasteiger partial charge in [-0.05, 0) is 31.0 Å². The monoisotopic (exact) mass is 229 g/mol. The second-order valence-corrected chi connectivity index (χ2v) is 4.33. The van der Waals surface area contributed by atoms with Crippen molar-refractivity contribution in [1.82, 2.24) is 5.32 Å². The van der Waals surface area contributed by atoms with E-state index in [1.165, 1.54) is 0 Å². The zero-order chi connectivity index (χ0) is 11.0. The molecule has 1 saturated heterocycles. The number of aryl methyl sites for hydroxylation is 1. The summed E-state index contributed by atoms with van der Waals surface area (Å²) >= 11 is 5.76. The van der Waals surface area contributed by atoms with E-state index in [0.29, 0.717) is 5.56 Å². The average Bonchev–Trinajstić information content (AvgIpc) is 2.73. The second kappa shape index (κ2) is 3.99. The topological polar surface area (TPSA) is 32.3 Å². The number of phenolic OH excluding ortho intramolecular Hbond substituents is 1. The Bertz CT molecular complexity index is 389. The standard InChI is InChI=1S/C11H13ClFNO/c1-6-4-8(7-2-3-14-5-7)10(13)11(15)9(6)12/h4,7,14-15H,2-3,5H2,1H3. The molecule has 1 unspecified atom stereocenters. The molecule has 82 valence electrons. The van der Waals surface area contributed by atoms with Crippen LogP contribution in [0.1, 0.15) is 23.5 Å². The molecule has 0 spiro atoms. The Kier molecular flexibility index (Phi) is 2.85. The summed E-state index contributed by atoms with van der Waals surface area (Å²) in [5.41, 5.74) is 1.29. The second-order valence-electron chi connectivity index (χ2n) is 3.95. The van der Waals surface area contributed by atoms with Crippen molar-refractivity contribution in [2.24, 2.45) is 0 Å². The van der Waals surface area contributed by atoms with Crippen molar-refractivity contribution in [2.75, 3.05) is 13.1 Å². The van der Waals surface area contributed by atoms with Crippen LogP contribution in [0, 0.1) is 12.7 Å². The molecule has 1 atom stereocenters. The van der Waals surface area contributed by atoms with Crippen LogP contribution < -0.4 is 5.32 Å². The number of halogens is 2. The Morgan fingerprint density at radius 3 is 2.93 bits per heavy atom. The first kappa shape index (κ1) is 10.7. The van der Waals surface area contributed by atoms with Gasteiger partial charge in [0.1, 0.15) is 0 Å². The van der Waals surface area contributed by atoms with Gasteiger partial charge in [0.15, 0.2) is 11.6 Å². The Morgan fingerprint density at radius 1 is 1.60 bits per heavy atom. The maximum atomic E-state index is 13.7. The minimum atomic E-state index is -0.570. The SMILES string of the molecule is Cc1cc(C2CCNC2)c(F)c(O)c1Cl. The van der Waals surface area contributed by atoms with Gasteiger partial charge >= 0.3 is 0 Å². The van der Waals surface area contributed by atoms with E-state index in [-0.39, 0.29) is 10.9 Å². The number of hydrogen-bond acceptors (Lipinski definition) is 2. The molecular weight excluding hydrogens is 217 g/mol. The van der Waals surface area contributed by atoms with Gasteiger partial charge in [-0.3, -0.25) is 0 Å². The fourth-order valence-corrected chi connectivity index (χ4v) is 2.13. The third kappa shape index (κ3) is 1.82. The molecule has 0 amide bonds. The summed E-state index contributed by atoms with van der Waals surface area (Å²) < 4.78 is 13.7. The maximum absolute atomic E-state index is 13.7. The molecule has 0 aromatic heterocycles. The van der Waals surface area contributed by atoms with Gasteiger partial charge in [0.05, 0.1) is 5.02 Å². The molecule has 4 heteroatoms. The summed E-state index contributed by atoms with van der Waals surface area (Å²) in [7, 11) is 0. The Hall–Kier alpha value is -0.800. The molecule has 2 rings (SSSR count). The lowest BCUT2D eigenvalue weighted by atomic mass is 9.96. The summed E-state index contributed by atoms with van der Waals surface area (Å²) in [6.07, 6.45) is 0.900. The smallest absolute Gasteiger partial charge is 0.170 e. The molecule has 1 heterocycles. The van der Waals surface area contributed by atoms with Crippen molar-refractivity contribution in [2.45, 2.75) is 19.3 Å². The molecule has 2 N–H and O–H groups in total. The first-order valence-electron chi connectivity index (χ1n) is 4.99. The molecule has 2 nitrogen and oxygen atoms in total. The highest BCUT2D eigenvalue weighted by molar-refractivity contribution is 6.32. The number of rotatable bonds is 1. The fourth-order valence-electron chi connectivity index (χ4n) is 2.00. The lowest BCUT2D eigenvalue weighted by molar-refractivity contribution is 0.425. The average molecular weight is 230 g/mol. The van der Waals surface area contributed by atoms with E-state index in [4.69, 9.17) is 11.6 Å². The molecule has 0 radical (unpaired) electrons.